The number of anilines is 1. The SMILES string of the molecule is [2H]C([2H])([2H])N1CCC(C)(S(=O)(=O)c2c(Cl)ccc(NC(=O)N[C@@H]3CCC=C3C)c2O)CC1. The molecule has 29 heavy (non-hydrogen) atoms. The van der Waals surface area contributed by atoms with E-state index in [9.17, 15) is 18.3 Å². The molecule has 0 radical (unpaired) electrons. The minimum absolute atomic E-state index is 0.0644. The molecule has 160 valence electrons. The van der Waals surface area contributed by atoms with Crippen LogP contribution < -0.4 is 10.6 Å². The van der Waals surface area contributed by atoms with Gasteiger partial charge in [0, 0.05) is 4.11 Å². The number of likely N-dealkylation sites (tertiary alicyclic amines) is 1. The van der Waals surface area contributed by atoms with Gasteiger partial charge in [0.15, 0.2) is 15.6 Å². The van der Waals surface area contributed by atoms with E-state index in [1.165, 1.54) is 24.0 Å². The van der Waals surface area contributed by atoms with Crippen molar-refractivity contribution in [2.75, 3.05) is 25.4 Å². The average molecular weight is 445 g/mol. The van der Waals surface area contributed by atoms with Crippen LogP contribution >= 0.6 is 11.6 Å². The second-order valence-corrected chi connectivity index (χ2v) is 10.7. The second kappa shape index (κ2) is 8.16. The fraction of sp³-hybridized carbons (Fsp3) is 0.550. The molecule has 0 spiro atoms. The van der Waals surface area contributed by atoms with Gasteiger partial charge in [-0.1, -0.05) is 23.3 Å². The van der Waals surface area contributed by atoms with Gasteiger partial charge in [-0.2, -0.15) is 0 Å². The number of sulfone groups is 1. The van der Waals surface area contributed by atoms with Crippen LogP contribution in [0.15, 0.2) is 28.7 Å². The molecular formula is C20H28ClN3O4S. The minimum atomic E-state index is -4.15. The lowest BCUT2D eigenvalue weighted by atomic mass is 9.98. The molecule has 3 rings (SSSR count). The molecule has 2 amide bonds. The smallest absolute Gasteiger partial charge is 0.319 e. The van der Waals surface area contributed by atoms with Gasteiger partial charge < -0.3 is 20.6 Å². The van der Waals surface area contributed by atoms with Crippen molar-refractivity contribution in [3.63, 3.8) is 0 Å². The monoisotopic (exact) mass is 444 g/mol. The number of piperidine rings is 1. The topological polar surface area (TPSA) is 98.7 Å². The molecule has 1 aliphatic heterocycles. The summed E-state index contributed by atoms with van der Waals surface area (Å²) in [6, 6.07) is 1.97. The summed E-state index contributed by atoms with van der Waals surface area (Å²) >= 11 is 6.19. The number of phenolic OH excluding ortho intramolecular Hbond substituents is 1. The first-order chi connectivity index (χ1) is 14.8. The van der Waals surface area contributed by atoms with Crippen LogP contribution in [0.2, 0.25) is 5.02 Å². The zero-order chi connectivity index (χ0) is 23.9. The maximum atomic E-state index is 13.5. The van der Waals surface area contributed by atoms with Gasteiger partial charge in [-0.3, -0.25) is 0 Å². The third kappa shape index (κ3) is 4.25. The third-order valence-electron chi connectivity index (χ3n) is 5.85. The zero-order valence-electron chi connectivity index (χ0n) is 19.5. The van der Waals surface area contributed by atoms with Crippen molar-refractivity contribution in [3.8, 4) is 5.75 Å². The molecular weight excluding hydrogens is 414 g/mol. The molecule has 1 saturated heterocycles. The Kier molecular flexibility index (Phi) is 5.08. The molecule has 7 nitrogen and oxygen atoms in total. The van der Waals surface area contributed by atoms with E-state index in [2.05, 4.69) is 10.6 Å². The Balaban J connectivity index is 1.84. The van der Waals surface area contributed by atoms with Gasteiger partial charge in [0.1, 0.15) is 4.90 Å². The van der Waals surface area contributed by atoms with Gasteiger partial charge in [-0.25, -0.2) is 13.2 Å². The Bertz CT molecular complexity index is 1040. The molecule has 1 atom stereocenters. The number of amides is 2. The summed E-state index contributed by atoms with van der Waals surface area (Å²) in [6.07, 6.45) is 3.80. The average Bonchev–Trinajstić information content (AvgIpc) is 3.08. The van der Waals surface area contributed by atoms with E-state index in [0.717, 1.165) is 18.4 Å². The molecule has 1 fully saturated rings. The Morgan fingerprint density at radius 1 is 1.38 bits per heavy atom. The molecule has 1 aromatic rings. The van der Waals surface area contributed by atoms with Gasteiger partial charge in [0.25, 0.3) is 0 Å². The number of rotatable bonds is 4. The number of allylic oxidation sites excluding steroid dienone is 1. The van der Waals surface area contributed by atoms with E-state index in [4.69, 9.17) is 15.7 Å². The fourth-order valence-corrected chi connectivity index (χ4v) is 6.11. The number of phenols is 1. The van der Waals surface area contributed by atoms with Gasteiger partial charge >= 0.3 is 6.03 Å². The summed E-state index contributed by atoms with van der Waals surface area (Å²) in [5, 5.41) is 15.9. The van der Waals surface area contributed by atoms with E-state index < -0.39 is 38.2 Å². The first-order valence-corrected chi connectivity index (χ1v) is 11.4. The Morgan fingerprint density at radius 2 is 2.07 bits per heavy atom. The van der Waals surface area contributed by atoms with Gasteiger partial charge in [-0.05, 0) is 71.7 Å². The van der Waals surface area contributed by atoms with E-state index >= 15 is 0 Å². The number of hydrogen-bond acceptors (Lipinski definition) is 5. The van der Waals surface area contributed by atoms with Crippen molar-refractivity contribution in [2.45, 2.75) is 55.2 Å². The summed E-state index contributed by atoms with van der Waals surface area (Å²) in [5.74, 6) is -0.634. The van der Waals surface area contributed by atoms with Crippen LogP contribution in [0.5, 0.6) is 5.75 Å². The molecule has 3 N–H and O–H groups in total. The molecule has 1 heterocycles. The van der Waals surface area contributed by atoms with Crippen LogP contribution in [-0.2, 0) is 9.84 Å². The van der Waals surface area contributed by atoms with Crippen LogP contribution in [0.3, 0.4) is 0 Å². The molecule has 0 bridgehead atoms. The number of benzene rings is 1. The zero-order valence-corrected chi connectivity index (χ0v) is 18.0. The fourth-order valence-electron chi connectivity index (χ4n) is 3.75. The number of nitrogens with zero attached hydrogens (tertiary/aromatic N) is 1. The maximum Gasteiger partial charge on any atom is 0.319 e. The van der Waals surface area contributed by atoms with Crippen molar-refractivity contribution in [3.05, 3.63) is 28.8 Å². The Morgan fingerprint density at radius 3 is 2.66 bits per heavy atom. The predicted octanol–water partition coefficient (Wildman–Crippen LogP) is 3.53. The minimum Gasteiger partial charge on any atom is -0.504 e. The highest BCUT2D eigenvalue weighted by Gasteiger charge is 2.44. The summed E-state index contributed by atoms with van der Waals surface area (Å²) in [6.45, 7) is 1.28. The quantitative estimate of drug-likeness (QED) is 0.487. The first-order valence-electron chi connectivity index (χ1n) is 11.0. The van der Waals surface area contributed by atoms with Crippen molar-refractivity contribution in [1.29, 1.82) is 0 Å². The van der Waals surface area contributed by atoms with Crippen LogP contribution in [0, 0.1) is 0 Å². The van der Waals surface area contributed by atoms with Gasteiger partial charge in [0.05, 0.1) is 21.5 Å². The van der Waals surface area contributed by atoms with E-state index in [1.54, 1.807) is 0 Å². The molecule has 9 heteroatoms. The molecule has 2 aliphatic rings. The third-order valence-corrected chi connectivity index (χ3v) is 8.93. The first kappa shape index (κ1) is 18.0. The highest BCUT2D eigenvalue weighted by atomic mass is 35.5. The molecule has 0 unspecified atom stereocenters. The lowest BCUT2D eigenvalue weighted by molar-refractivity contribution is 0.240. The molecule has 1 aliphatic carbocycles. The van der Waals surface area contributed by atoms with Crippen LogP contribution in [0.4, 0.5) is 10.5 Å². The van der Waals surface area contributed by atoms with Crippen LogP contribution in [0.25, 0.3) is 0 Å². The number of halogens is 1. The Labute approximate surface area is 181 Å². The second-order valence-electron chi connectivity index (χ2n) is 7.89. The van der Waals surface area contributed by atoms with E-state index in [0.29, 0.717) is 0 Å². The van der Waals surface area contributed by atoms with Gasteiger partial charge in [0.2, 0.25) is 0 Å². The number of hydrogen-bond donors (Lipinski definition) is 3. The number of carbonyl (C=O) groups is 1. The van der Waals surface area contributed by atoms with Crippen molar-refractivity contribution < 1.29 is 22.4 Å². The lowest BCUT2D eigenvalue weighted by Gasteiger charge is -2.37. The molecule has 0 aromatic heterocycles. The molecule has 0 saturated carbocycles. The maximum absolute atomic E-state index is 13.5. The van der Waals surface area contributed by atoms with E-state index in [-0.39, 0.29) is 42.7 Å². The van der Waals surface area contributed by atoms with Crippen molar-refractivity contribution in [2.24, 2.45) is 0 Å². The number of aromatic hydroxyl groups is 1. The highest BCUT2D eigenvalue weighted by Crippen LogP contribution is 2.44. The van der Waals surface area contributed by atoms with Crippen LogP contribution in [0.1, 0.15) is 43.6 Å². The molecule has 1 aromatic carbocycles. The number of urea groups is 1. The van der Waals surface area contributed by atoms with Gasteiger partial charge in [-0.15, -0.1) is 0 Å². The lowest BCUT2D eigenvalue weighted by Crippen LogP contribution is -2.46. The number of carbonyl (C=O) groups excluding carboxylic acids is 1. The largest absolute Gasteiger partial charge is 0.504 e. The number of nitrogens with one attached hydrogen (secondary N) is 2. The van der Waals surface area contributed by atoms with Crippen molar-refractivity contribution in [1.82, 2.24) is 10.2 Å². The van der Waals surface area contributed by atoms with Crippen molar-refractivity contribution >= 4 is 33.2 Å². The summed E-state index contributed by atoms with van der Waals surface area (Å²) in [7, 11) is -4.15. The Hall–Kier alpha value is -1.77. The van der Waals surface area contributed by atoms with E-state index in [1.807, 2.05) is 13.0 Å². The summed E-state index contributed by atoms with van der Waals surface area (Å²) < 4.78 is 48.3. The highest BCUT2D eigenvalue weighted by molar-refractivity contribution is 7.93. The normalized spacial score (nSPS) is 24.2. The summed E-state index contributed by atoms with van der Waals surface area (Å²) in [5.41, 5.74) is 0.966. The standard InChI is InChI=1S/C20H28ClN3O4S/c1-13-5-4-6-15(13)22-19(26)23-16-8-7-14(21)18(17(16)25)29(27,28)20(2)9-11-24(3)12-10-20/h5,7-8,15,25H,4,6,9-12H2,1-3H3,(H2,22,23,26)/t15-/m1/s1/i3D3. The summed E-state index contributed by atoms with van der Waals surface area (Å²) in [4.78, 5) is 13.2. The van der Waals surface area contributed by atoms with Crippen LogP contribution in [-0.4, -0.2) is 55.3 Å². The predicted molar refractivity (Wildman–Crippen MR) is 114 cm³/mol.